The summed E-state index contributed by atoms with van der Waals surface area (Å²) in [5, 5.41) is 0. The van der Waals surface area contributed by atoms with E-state index in [1.165, 1.54) is 180 Å². The molecule has 0 heterocycles. The van der Waals surface area contributed by atoms with Crippen molar-refractivity contribution in [3.63, 3.8) is 0 Å². The van der Waals surface area contributed by atoms with Crippen LogP contribution in [-0.4, -0.2) is 36.7 Å². The van der Waals surface area contributed by atoms with E-state index in [1.54, 1.807) is 0 Å². The van der Waals surface area contributed by atoms with Gasteiger partial charge in [-0.1, -0.05) is 194 Å². The molecule has 0 aliphatic heterocycles. The van der Waals surface area contributed by atoms with Crippen molar-refractivity contribution in [2.75, 3.05) is 24.7 Å². The molecule has 0 atom stereocenters. The molecular weight excluding hydrogens is 601 g/mol. The summed E-state index contributed by atoms with van der Waals surface area (Å²) >= 11 is 1.82. The SMILES string of the molecule is CCCCCCCCCCCCCCCCCOC(=O)CCCSCCCC(=O)OCCCCCCCCCCCCCCCCC. The lowest BCUT2D eigenvalue weighted by Crippen LogP contribution is -2.07. The van der Waals surface area contributed by atoms with Gasteiger partial charge in [-0.25, -0.2) is 0 Å². The largest absolute Gasteiger partial charge is 0.466 e. The molecule has 0 saturated carbocycles. The quantitative estimate of drug-likeness (QED) is 0.0475. The monoisotopic (exact) mass is 683 g/mol. The molecule has 0 bridgehead atoms. The number of carbonyl (C=O) groups excluding carboxylic acids is 2. The van der Waals surface area contributed by atoms with Crippen LogP contribution in [0.1, 0.15) is 232 Å². The number of esters is 2. The van der Waals surface area contributed by atoms with E-state index in [0.717, 1.165) is 37.2 Å². The average molecular weight is 683 g/mol. The zero-order valence-corrected chi connectivity index (χ0v) is 32.7. The Balaban J connectivity index is 3.24. The van der Waals surface area contributed by atoms with Gasteiger partial charge in [0, 0.05) is 12.8 Å². The molecule has 0 saturated heterocycles. The van der Waals surface area contributed by atoms with E-state index in [0.29, 0.717) is 26.1 Å². The first-order valence-electron chi connectivity index (χ1n) is 21.1. The molecule has 0 unspecified atom stereocenters. The number of ether oxygens (including phenoxy) is 2. The van der Waals surface area contributed by atoms with Crippen molar-refractivity contribution in [2.24, 2.45) is 0 Å². The van der Waals surface area contributed by atoms with Gasteiger partial charge in [0.25, 0.3) is 0 Å². The summed E-state index contributed by atoms with van der Waals surface area (Å²) in [5.41, 5.74) is 0. The van der Waals surface area contributed by atoms with Crippen LogP contribution >= 0.6 is 11.8 Å². The van der Waals surface area contributed by atoms with Crippen molar-refractivity contribution >= 4 is 23.7 Å². The molecular formula is C42H82O4S. The second-order valence-electron chi connectivity index (χ2n) is 14.2. The van der Waals surface area contributed by atoms with Gasteiger partial charge in [0.2, 0.25) is 0 Å². The fourth-order valence-corrected chi connectivity index (χ4v) is 7.10. The van der Waals surface area contributed by atoms with Crippen molar-refractivity contribution in [3.8, 4) is 0 Å². The summed E-state index contributed by atoms with van der Waals surface area (Å²) in [6, 6.07) is 0. The lowest BCUT2D eigenvalue weighted by atomic mass is 10.0. The summed E-state index contributed by atoms with van der Waals surface area (Å²) in [7, 11) is 0. The molecule has 280 valence electrons. The van der Waals surface area contributed by atoms with Crippen LogP contribution in [0.4, 0.5) is 0 Å². The smallest absolute Gasteiger partial charge is 0.305 e. The van der Waals surface area contributed by atoms with Crippen LogP contribution in [0.15, 0.2) is 0 Å². The minimum atomic E-state index is -0.0571. The van der Waals surface area contributed by atoms with Gasteiger partial charge < -0.3 is 9.47 Å². The molecule has 0 N–H and O–H groups in total. The molecule has 5 heteroatoms. The zero-order valence-electron chi connectivity index (χ0n) is 31.9. The predicted octanol–water partition coefficient (Wildman–Crippen LogP) is 14.1. The van der Waals surface area contributed by atoms with Crippen LogP contribution in [0.2, 0.25) is 0 Å². The molecule has 4 nitrogen and oxygen atoms in total. The Hall–Kier alpha value is -0.710. The first-order chi connectivity index (χ1) is 23.2. The topological polar surface area (TPSA) is 52.6 Å². The summed E-state index contributed by atoms with van der Waals surface area (Å²) in [6.45, 7) is 5.71. The Morgan fingerprint density at radius 3 is 0.830 bits per heavy atom. The number of unbranched alkanes of at least 4 members (excludes halogenated alkanes) is 28. The van der Waals surface area contributed by atoms with Gasteiger partial charge in [-0.3, -0.25) is 9.59 Å². The number of rotatable bonds is 40. The molecule has 0 amide bonds. The second-order valence-corrected chi connectivity index (χ2v) is 15.4. The highest BCUT2D eigenvalue weighted by Crippen LogP contribution is 2.15. The van der Waals surface area contributed by atoms with Crippen molar-refractivity contribution < 1.29 is 19.1 Å². The van der Waals surface area contributed by atoms with E-state index in [1.807, 2.05) is 11.8 Å². The maximum Gasteiger partial charge on any atom is 0.305 e. The fraction of sp³-hybridized carbons (Fsp3) is 0.952. The molecule has 47 heavy (non-hydrogen) atoms. The van der Waals surface area contributed by atoms with Crippen molar-refractivity contribution in [3.05, 3.63) is 0 Å². The lowest BCUT2D eigenvalue weighted by molar-refractivity contribution is -0.144. The van der Waals surface area contributed by atoms with E-state index in [2.05, 4.69) is 13.8 Å². The summed E-state index contributed by atoms with van der Waals surface area (Å²) in [6.07, 6.45) is 43.1. The van der Waals surface area contributed by atoms with Gasteiger partial charge in [0.05, 0.1) is 13.2 Å². The highest BCUT2D eigenvalue weighted by atomic mass is 32.2. The van der Waals surface area contributed by atoms with Gasteiger partial charge in [0.1, 0.15) is 0 Å². The van der Waals surface area contributed by atoms with E-state index in [9.17, 15) is 9.59 Å². The lowest BCUT2D eigenvalue weighted by Gasteiger charge is -2.06. The molecule has 0 spiro atoms. The predicted molar refractivity (Wildman–Crippen MR) is 208 cm³/mol. The van der Waals surface area contributed by atoms with Gasteiger partial charge in [-0.15, -0.1) is 0 Å². The molecule has 0 aliphatic carbocycles. The van der Waals surface area contributed by atoms with Crippen molar-refractivity contribution in [2.45, 2.75) is 232 Å². The Bertz CT molecular complexity index is 574. The van der Waals surface area contributed by atoms with Gasteiger partial charge >= 0.3 is 11.9 Å². The van der Waals surface area contributed by atoms with Crippen molar-refractivity contribution in [1.82, 2.24) is 0 Å². The Kier molecular flexibility index (Phi) is 40.8. The van der Waals surface area contributed by atoms with E-state index >= 15 is 0 Å². The minimum Gasteiger partial charge on any atom is -0.466 e. The van der Waals surface area contributed by atoms with E-state index in [4.69, 9.17) is 9.47 Å². The third kappa shape index (κ3) is 41.4. The molecule has 0 aromatic rings. The number of hydrogen-bond donors (Lipinski definition) is 0. The highest BCUT2D eigenvalue weighted by Gasteiger charge is 2.05. The second kappa shape index (κ2) is 41.5. The summed E-state index contributed by atoms with van der Waals surface area (Å²) in [4.78, 5) is 23.9. The van der Waals surface area contributed by atoms with Gasteiger partial charge in [-0.05, 0) is 37.2 Å². The fourth-order valence-electron chi connectivity index (χ4n) is 6.20. The molecule has 0 radical (unpaired) electrons. The molecule has 0 fully saturated rings. The Morgan fingerprint density at radius 1 is 0.340 bits per heavy atom. The third-order valence-electron chi connectivity index (χ3n) is 9.36. The van der Waals surface area contributed by atoms with Crippen LogP contribution in [0.5, 0.6) is 0 Å². The van der Waals surface area contributed by atoms with Gasteiger partial charge in [0.15, 0.2) is 0 Å². The Morgan fingerprint density at radius 2 is 0.574 bits per heavy atom. The number of hydrogen-bond acceptors (Lipinski definition) is 5. The van der Waals surface area contributed by atoms with Crippen molar-refractivity contribution in [1.29, 1.82) is 0 Å². The average Bonchev–Trinajstić information content (AvgIpc) is 3.07. The maximum atomic E-state index is 12.0. The Labute approximate surface area is 298 Å². The van der Waals surface area contributed by atoms with E-state index in [-0.39, 0.29) is 11.9 Å². The molecule has 0 aliphatic rings. The highest BCUT2D eigenvalue weighted by molar-refractivity contribution is 7.99. The van der Waals surface area contributed by atoms with Crippen LogP contribution < -0.4 is 0 Å². The first-order valence-corrected chi connectivity index (χ1v) is 22.2. The molecule has 0 rings (SSSR count). The molecule has 0 aromatic heterocycles. The summed E-state index contributed by atoms with van der Waals surface area (Å²) in [5.74, 6) is 1.78. The van der Waals surface area contributed by atoms with Crippen LogP contribution in [0.3, 0.4) is 0 Å². The standard InChI is InChI=1S/C42H82O4S/c1-3-5-7-9-11-13-15-17-19-21-23-25-27-29-31-37-45-41(43)35-33-39-47-40-34-36-42(44)46-38-32-30-28-26-24-22-20-18-16-14-12-10-8-6-4-2/h3-40H2,1-2H3. The normalized spacial score (nSPS) is 11.3. The number of carbonyl (C=O) groups is 2. The number of thioether (sulfide) groups is 1. The first kappa shape index (κ1) is 46.3. The van der Waals surface area contributed by atoms with Crippen LogP contribution in [0.25, 0.3) is 0 Å². The van der Waals surface area contributed by atoms with Crippen LogP contribution in [0, 0.1) is 0 Å². The van der Waals surface area contributed by atoms with Crippen LogP contribution in [-0.2, 0) is 19.1 Å². The molecule has 0 aromatic carbocycles. The van der Waals surface area contributed by atoms with E-state index < -0.39 is 0 Å². The minimum absolute atomic E-state index is 0.0571. The zero-order chi connectivity index (χ0) is 34.1. The third-order valence-corrected chi connectivity index (χ3v) is 10.5. The van der Waals surface area contributed by atoms with Gasteiger partial charge in [-0.2, -0.15) is 11.8 Å². The maximum absolute atomic E-state index is 12.0. The summed E-state index contributed by atoms with van der Waals surface area (Å²) < 4.78 is 10.8.